The quantitative estimate of drug-likeness (QED) is 0.917. The number of halogens is 1. The molecule has 104 valence electrons. The van der Waals surface area contributed by atoms with E-state index in [9.17, 15) is 9.90 Å². The number of likely N-dealkylation sites (tertiary alicyclic amines) is 1. The minimum atomic E-state index is -0.654. The normalized spacial score (nSPS) is 25.4. The molecule has 0 saturated carbocycles. The number of hydrogen-bond acceptors (Lipinski definition) is 2. The van der Waals surface area contributed by atoms with Gasteiger partial charge >= 0.3 is 5.97 Å². The van der Waals surface area contributed by atoms with E-state index in [1.54, 1.807) is 0 Å². The first kappa shape index (κ1) is 14.5. The molecule has 1 aliphatic heterocycles. The molecule has 1 aromatic rings. The molecule has 3 nitrogen and oxygen atoms in total. The average molecular weight is 326 g/mol. The zero-order chi connectivity index (χ0) is 14.0. The Labute approximate surface area is 122 Å². The van der Waals surface area contributed by atoms with Crippen LogP contribution in [0.25, 0.3) is 0 Å². The fourth-order valence-corrected chi connectivity index (χ4v) is 3.24. The van der Waals surface area contributed by atoms with Crippen LogP contribution in [0, 0.1) is 5.41 Å². The van der Waals surface area contributed by atoms with Crippen molar-refractivity contribution in [3.05, 3.63) is 34.3 Å². The zero-order valence-corrected chi connectivity index (χ0v) is 13.0. The zero-order valence-electron chi connectivity index (χ0n) is 11.4. The highest BCUT2D eigenvalue weighted by atomic mass is 79.9. The first-order chi connectivity index (χ1) is 8.98. The van der Waals surface area contributed by atoms with Gasteiger partial charge in [0.05, 0.1) is 5.41 Å². The summed E-state index contributed by atoms with van der Waals surface area (Å²) in [5.41, 5.74) is 0.673. The molecule has 2 atom stereocenters. The maximum absolute atomic E-state index is 11.5. The number of carboxylic acids is 1. The van der Waals surface area contributed by atoms with Crippen molar-refractivity contribution in [3.63, 3.8) is 0 Å². The van der Waals surface area contributed by atoms with Gasteiger partial charge in [0.2, 0.25) is 0 Å². The monoisotopic (exact) mass is 325 g/mol. The lowest BCUT2D eigenvalue weighted by molar-refractivity contribution is -0.148. The van der Waals surface area contributed by atoms with Crippen molar-refractivity contribution in [2.45, 2.75) is 32.7 Å². The van der Waals surface area contributed by atoms with Crippen LogP contribution in [0.3, 0.4) is 0 Å². The number of hydrogen-bond donors (Lipinski definition) is 1. The summed E-state index contributed by atoms with van der Waals surface area (Å²) in [7, 11) is 0. The molecule has 0 spiro atoms. The van der Waals surface area contributed by atoms with Gasteiger partial charge in [0.25, 0.3) is 0 Å². The lowest BCUT2D eigenvalue weighted by atomic mass is 9.84. The second kappa shape index (κ2) is 5.63. The van der Waals surface area contributed by atoms with Crippen LogP contribution in [-0.4, -0.2) is 29.1 Å². The van der Waals surface area contributed by atoms with E-state index in [1.165, 1.54) is 5.56 Å². The Hall–Kier alpha value is -0.870. The third-order valence-electron chi connectivity index (χ3n) is 4.39. The van der Waals surface area contributed by atoms with Crippen LogP contribution in [0.15, 0.2) is 28.7 Å². The number of aliphatic carboxylic acids is 1. The number of carboxylic acid groups (broad SMARTS) is 1. The van der Waals surface area contributed by atoms with E-state index in [0.717, 1.165) is 17.4 Å². The van der Waals surface area contributed by atoms with Crippen molar-refractivity contribution in [2.75, 3.05) is 13.1 Å². The summed E-state index contributed by atoms with van der Waals surface area (Å²) in [5, 5.41) is 9.44. The van der Waals surface area contributed by atoms with Crippen LogP contribution in [-0.2, 0) is 4.79 Å². The van der Waals surface area contributed by atoms with E-state index in [0.29, 0.717) is 13.0 Å². The SMILES string of the molecule is CCC1(C(=O)O)CCN(C(C)c2cccc(Br)c2)C1. The molecule has 19 heavy (non-hydrogen) atoms. The molecule has 2 unspecified atom stereocenters. The molecule has 1 saturated heterocycles. The van der Waals surface area contributed by atoms with E-state index >= 15 is 0 Å². The van der Waals surface area contributed by atoms with Crippen LogP contribution >= 0.6 is 15.9 Å². The molecule has 1 N–H and O–H groups in total. The van der Waals surface area contributed by atoms with Gasteiger partial charge in [-0.1, -0.05) is 35.0 Å². The summed E-state index contributed by atoms with van der Waals surface area (Å²) in [5.74, 6) is -0.654. The third kappa shape index (κ3) is 2.84. The van der Waals surface area contributed by atoms with Crippen molar-refractivity contribution in [1.82, 2.24) is 4.90 Å². The largest absolute Gasteiger partial charge is 0.481 e. The first-order valence-corrected chi connectivity index (χ1v) is 7.51. The predicted molar refractivity (Wildman–Crippen MR) is 79.1 cm³/mol. The van der Waals surface area contributed by atoms with Crippen molar-refractivity contribution in [3.8, 4) is 0 Å². The first-order valence-electron chi connectivity index (χ1n) is 6.71. The number of rotatable bonds is 4. The summed E-state index contributed by atoms with van der Waals surface area (Å²) in [6.07, 6.45) is 1.45. The summed E-state index contributed by atoms with van der Waals surface area (Å²) in [6.45, 7) is 5.62. The highest BCUT2D eigenvalue weighted by Crippen LogP contribution is 2.38. The molecular weight excluding hydrogens is 306 g/mol. The van der Waals surface area contributed by atoms with Crippen LogP contribution in [0.4, 0.5) is 0 Å². The summed E-state index contributed by atoms with van der Waals surface area (Å²) >= 11 is 3.49. The molecule has 0 amide bonds. The predicted octanol–water partition coefficient (Wildman–Crippen LogP) is 3.70. The third-order valence-corrected chi connectivity index (χ3v) is 4.89. The summed E-state index contributed by atoms with van der Waals surface area (Å²) in [4.78, 5) is 13.8. The highest BCUT2D eigenvalue weighted by Gasteiger charge is 2.44. The average Bonchev–Trinajstić information content (AvgIpc) is 2.83. The minimum Gasteiger partial charge on any atom is -0.481 e. The van der Waals surface area contributed by atoms with Gasteiger partial charge in [-0.05, 0) is 44.0 Å². The van der Waals surface area contributed by atoms with E-state index in [2.05, 4.69) is 39.9 Å². The molecule has 0 aliphatic carbocycles. The molecule has 1 aliphatic rings. The van der Waals surface area contributed by atoms with Crippen LogP contribution < -0.4 is 0 Å². The maximum atomic E-state index is 11.5. The van der Waals surface area contributed by atoms with Crippen molar-refractivity contribution < 1.29 is 9.90 Å². The molecule has 0 bridgehead atoms. The maximum Gasteiger partial charge on any atom is 0.310 e. The number of benzene rings is 1. The van der Waals surface area contributed by atoms with Gasteiger partial charge in [0, 0.05) is 17.1 Å². The molecule has 4 heteroatoms. The van der Waals surface area contributed by atoms with Gasteiger partial charge in [-0.25, -0.2) is 0 Å². The fourth-order valence-electron chi connectivity index (χ4n) is 2.83. The lowest BCUT2D eigenvalue weighted by Gasteiger charge is -2.27. The lowest BCUT2D eigenvalue weighted by Crippen LogP contribution is -2.35. The summed E-state index contributed by atoms with van der Waals surface area (Å²) in [6, 6.07) is 8.49. The second-order valence-electron chi connectivity index (χ2n) is 5.39. The summed E-state index contributed by atoms with van der Waals surface area (Å²) < 4.78 is 1.07. The molecular formula is C15H20BrNO2. The molecule has 2 rings (SSSR count). The van der Waals surface area contributed by atoms with Gasteiger partial charge in [-0.15, -0.1) is 0 Å². The van der Waals surface area contributed by atoms with E-state index in [4.69, 9.17) is 0 Å². The van der Waals surface area contributed by atoms with E-state index in [-0.39, 0.29) is 6.04 Å². The van der Waals surface area contributed by atoms with Crippen LogP contribution in [0.1, 0.15) is 38.3 Å². The topological polar surface area (TPSA) is 40.5 Å². The van der Waals surface area contributed by atoms with E-state index in [1.807, 2.05) is 19.1 Å². The number of nitrogens with zero attached hydrogens (tertiary/aromatic N) is 1. The molecule has 1 heterocycles. The standard InChI is InChI=1S/C15H20BrNO2/c1-3-15(14(18)19)7-8-17(10-15)11(2)12-5-4-6-13(16)9-12/h4-6,9,11H,3,7-8,10H2,1-2H3,(H,18,19). The van der Waals surface area contributed by atoms with Gasteiger partial charge in [-0.3, -0.25) is 9.69 Å². The van der Waals surface area contributed by atoms with Crippen molar-refractivity contribution in [2.24, 2.45) is 5.41 Å². The molecule has 1 fully saturated rings. The Balaban J connectivity index is 2.14. The van der Waals surface area contributed by atoms with Gasteiger partial charge in [0.1, 0.15) is 0 Å². The Morgan fingerprint density at radius 1 is 1.58 bits per heavy atom. The van der Waals surface area contributed by atoms with Gasteiger partial charge in [0.15, 0.2) is 0 Å². The van der Waals surface area contributed by atoms with Gasteiger partial charge < -0.3 is 5.11 Å². The Morgan fingerprint density at radius 3 is 2.84 bits per heavy atom. The van der Waals surface area contributed by atoms with Crippen LogP contribution in [0.2, 0.25) is 0 Å². The minimum absolute atomic E-state index is 0.255. The fraction of sp³-hybridized carbons (Fsp3) is 0.533. The number of carbonyl (C=O) groups is 1. The van der Waals surface area contributed by atoms with Crippen molar-refractivity contribution >= 4 is 21.9 Å². The van der Waals surface area contributed by atoms with Crippen LogP contribution in [0.5, 0.6) is 0 Å². The smallest absolute Gasteiger partial charge is 0.310 e. The van der Waals surface area contributed by atoms with Gasteiger partial charge in [-0.2, -0.15) is 0 Å². The molecule has 0 aromatic heterocycles. The van der Waals surface area contributed by atoms with E-state index < -0.39 is 11.4 Å². The molecule has 1 aromatic carbocycles. The second-order valence-corrected chi connectivity index (χ2v) is 6.31. The Morgan fingerprint density at radius 2 is 2.32 bits per heavy atom. The highest BCUT2D eigenvalue weighted by molar-refractivity contribution is 9.10. The Bertz CT molecular complexity index is 477. The van der Waals surface area contributed by atoms with Crippen molar-refractivity contribution in [1.29, 1.82) is 0 Å². The Kier molecular flexibility index (Phi) is 4.31. The molecule has 0 radical (unpaired) electrons.